The molecule has 6 heteroatoms. The molecule has 6 nitrogen and oxygen atoms in total. The highest BCUT2D eigenvalue weighted by Gasteiger charge is 2.21. The van der Waals surface area contributed by atoms with Crippen LogP contribution in [0.25, 0.3) is 0 Å². The number of Topliss-reactive ketones (excluding diaryl/α,β-unsaturated/α-hetero) is 1. The summed E-state index contributed by atoms with van der Waals surface area (Å²) in [6.45, 7) is 5.16. The Kier molecular flexibility index (Phi) is 7.53. The molecule has 0 saturated heterocycles. The van der Waals surface area contributed by atoms with Crippen molar-refractivity contribution in [3.05, 3.63) is 59.7 Å². The number of amides is 1. The van der Waals surface area contributed by atoms with Crippen LogP contribution in [0.15, 0.2) is 48.5 Å². The van der Waals surface area contributed by atoms with E-state index >= 15 is 0 Å². The van der Waals surface area contributed by atoms with Gasteiger partial charge in [0.25, 0.3) is 0 Å². The SMILES string of the molecule is COc1ccc(CCC(=O)OCC(=O)c2ccc(NC(=O)C(C)(C)C)cc2)cc1. The average Bonchev–Trinajstić information content (AvgIpc) is 2.70. The van der Waals surface area contributed by atoms with Crippen molar-refractivity contribution < 1.29 is 23.9 Å². The summed E-state index contributed by atoms with van der Waals surface area (Å²) in [5.41, 5.74) is 1.51. The van der Waals surface area contributed by atoms with Gasteiger partial charge in [-0.2, -0.15) is 0 Å². The van der Waals surface area contributed by atoms with Crippen molar-refractivity contribution in [2.24, 2.45) is 5.41 Å². The second-order valence-electron chi connectivity index (χ2n) is 7.71. The number of hydrogen-bond acceptors (Lipinski definition) is 5. The highest BCUT2D eigenvalue weighted by atomic mass is 16.5. The van der Waals surface area contributed by atoms with Crippen molar-refractivity contribution >= 4 is 23.3 Å². The lowest BCUT2D eigenvalue weighted by Crippen LogP contribution is -2.27. The molecule has 0 unspecified atom stereocenters. The van der Waals surface area contributed by atoms with Gasteiger partial charge in [0, 0.05) is 23.1 Å². The quantitative estimate of drug-likeness (QED) is 0.537. The third-order valence-electron chi connectivity index (χ3n) is 4.29. The maximum atomic E-state index is 12.2. The van der Waals surface area contributed by atoms with Gasteiger partial charge in [-0.1, -0.05) is 32.9 Å². The molecule has 0 atom stereocenters. The molecule has 2 rings (SSSR count). The predicted molar refractivity (Wildman–Crippen MR) is 111 cm³/mol. The van der Waals surface area contributed by atoms with E-state index in [9.17, 15) is 14.4 Å². The molecule has 1 amide bonds. The lowest BCUT2D eigenvalue weighted by molar-refractivity contribution is -0.142. The van der Waals surface area contributed by atoms with Crippen LogP contribution in [-0.4, -0.2) is 31.4 Å². The largest absolute Gasteiger partial charge is 0.497 e. The number of benzene rings is 2. The number of anilines is 1. The second-order valence-corrected chi connectivity index (χ2v) is 7.71. The van der Waals surface area contributed by atoms with Gasteiger partial charge in [-0.3, -0.25) is 14.4 Å². The number of hydrogen-bond donors (Lipinski definition) is 1. The van der Waals surface area contributed by atoms with Crippen LogP contribution < -0.4 is 10.1 Å². The number of esters is 1. The van der Waals surface area contributed by atoms with E-state index < -0.39 is 11.4 Å². The summed E-state index contributed by atoms with van der Waals surface area (Å²) in [4.78, 5) is 36.1. The summed E-state index contributed by atoms with van der Waals surface area (Å²) in [5, 5.41) is 2.79. The third kappa shape index (κ3) is 7.07. The van der Waals surface area contributed by atoms with Crippen LogP contribution in [0.2, 0.25) is 0 Å². The third-order valence-corrected chi connectivity index (χ3v) is 4.29. The number of carbonyl (C=O) groups is 3. The number of nitrogens with one attached hydrogen (secondary N) is 1. The van der Waals surface area contributed by atoms with Crippen LogP contribution in [0.4, 0.5) is 5.69 Å². The minimum Gasteiger partial charge on any atom is -0.497 e. The maximum absolute atomic E-state index is 12.2. The molecule has 1 N–H and O–H groups in total. The molecule has 2 aromatic rings. The van der Waals surface area contributed by atoms with Gasteiger partial charge >= 0.3 is 5.97 Å². The van der Waals surface area contributed by atoms with Crippen LogP contribution in [0, 0.1) is 5.41 Å². The Morgan fingerprint density at radius 1 is 0.931 bits per heavy atom. The van der Waals surface area contributed by atoms with Gasteiger partial charge in [0.2, 0.25) is 5.91 Å². The number of rotatable bonds is 8. The van der Waals surface area contributed by atoms with Gasteiger partial charge in [0.1, 0.15) is 5.75 Å². The van der Waals surface area contributed by atoms with Crippen molar-refractivity contribution in [2.75, 3.05) is 19.0 Å². The summed E-state index contributed by atoms with van der Waals surface area (Å²) in [6, 6.07) is 14.0. The normalized spacial score (nSPS) is 10.9. The zero-order chi connectivity index (χ0) is 21.4. The highest BCUT2D eigenvalue weighted by Crippen LogP contribution is 2.18. The van der Waals surface area contributed by atoms with Crippen LogP contribution in [-0.2, 0) is 20.7 Å². The summed E-state index contributed by atoms with van der Waals surface area (Å²) in [6.07, 6.45) is 0.719. The molecule has 2 aromatic carbocycles. The molecule has 0 aliphatic rings. The van der Waals surface area contributed by atoms with Crippen molar-refractivity contribution in [3.63, 3.8) is 0 Å². The summed E-state index contributed by atoms with van der Waals surface area (Å²) < 4.78 is 10.2. The van der Waals surface area contributed by atoms with Crippen LogP contribution >= 0.6 is 0 Å². The molecule has 29 heavy (non-hydrogen) atoms. The van der Waals surface area contributed by atoms with E-state index in [1.54, 1.807) is 31.4 Å². The predicted octanol–water partition coefficient (Wildman–Crippen LogP) is 4.04. The molecule has 0 heterocycles. The smallest absolute Gasteiger partial charge is 0.306 e. The topological polar surface area (TPSA) is 81.7 Å². The Hall–Kier alpha value is -3.15. The highest BCUT2D eigenvalue weighted by molar-refractivity contribution is 5.99. The molecular formula is C23H27NO5. The number of ether oxygens (including phenoxy) is 2. The van der Waals surface area contributed by atoms with Crippen molar-refractivity contribution in [1.29, 1.82) is 0 Å². The summed E-state index contributed by atoms with van der Waals surface area (Å²) in [7, 11) is 1.60. The van der Waals surface area contributed by atoms with Gasteiger partial charge in [0.15, 0.2) is 12.4 Å². The zero-order valence-corrected chi connectivity index (χ0v) is 17.3. The fourth-order valence-corrected chi connectivity index (χ4v) is 2.40. The van der Waals surface area contributed by atoms with E-state index in [1.165, 1.54) is 0 Å². The molecule has 0 aliphatic heterocycles. The molecule has 0 fully saturated rings. The molecule has 0 spiro atoms. The molecule has 154 valence electrons. The van der Waals surface area contributed by atoms with Gasteiger partial charge < -0.3 is 14.8 Å². The average molecular weight is 397 g/mol. The number of methoxy groups -OCH3 is 1. The summed E-state index contributed by atoms with van der Waals surface area (Å²) in [5.74, 6) is -0.0759. The van der Waals surface area contributed by atoms with Crippen LogP contribution in [0.5, 0.6) is 5.75 Å². The second kappa shape index (κ2) is 9.87. The van der Waals surface area contributed by atoms with Crippen LogP contribution in [0.3, 0.4) is 0 Å². The van der Waals surface area contributed by atoms with Crippen molar-refractivity contribution in [3.8, 4) is 5.75 Å². The first-order valence-corrected chi connectivity index (χ1v) is 9.42. The number of ketones is 1. The number of carbonyl (C=O) groups excluding carboxylic acids is 3. The van der Waals surface area contributed by atoms with E-state index in [2.05, 4.69) is 5.32 Å². The van der Waals surface area contributed by atoms with E-state index in [-0.39, 0.29) is 24.7 Å². The first kappa shape index (κ1) is 22.1. The standard InChI is InChI=1S/C23H27NO5/c1-23(2,3)22(27)24-18-10-8-17(9-11-18)20(25)15-29-21(26)14-7-16-5-12-19(28-4)13-6-16/h5-6,8-13H,7,14-15H2,1-4H3,(H,24,27). The Morgan fingerprint density at radius 2 is 1.55 bits per heavy atom. The maximum Gasteiger partial charge on any atom is 0.306 e. The van der Waals surface area contributed by atoms with E-state index in [4.69, 9.17) is 9.47 Å². The van der Waals surface area contributed by atoms with Gasteiger partial charge in [-0.25, -0.2) is 0 Å². The van der Waals surface area contributed by atoms with E-state index in [0.29, 0.717) is 17.7 Å². The molecule has 0 aromatic heterocycles. The first-order valence-electron chi connectivity index (χ1n) is 9.42. The van der Waals surface area contributed by atoms with Gasteiger partial charge in [-0.15, -0.1) is 0 Å². The molecule has 0 radical (unpaired) electrons. The van der Waals surface area contributed by atoms with Crippen LogP contribution in [0.1, 0.15) is 43.1 Å². The van der Waals surface area contributed by atoms with Gasteiger partial charge in [-0.05, 0) is 48.4 Å². The molecule has 0 bridgehead atoms. The van der Waals surface area contributed by atoms with E-state index in [0.717, 1.165) is 11.3 Å². The fraction of sp³-hybridized carbons (Fsp3) is 0.348. The molecule has 0 aliphatic carbocycles. The van der Waals surface area contributed by atoms with Crippen molar-refractivity contribution in [2.45, 2.75) is 33.6 Å². The monoisotopic (exact) mass is 397 g/mol. The lowest BCUT2D eigenvalue weighted by Gasteiger charge is -2.17. The number of aryl methyl sites for hydroxylation is 1. The Labute approximate surface area is 171 Å². The van der Waals surface area contributed by atoms with Gasteiger partial charge in [0.05, 0.1) is 7.11 Å². The molecule has 0 saturated carbocycles. The summed E-state index contributed by atoms with van der Waals surface area (Å²) >= 11 is 0. The molecular weight excluding hydrogens is 370 g/mol. The first-order chi connectivity index (χ1) is 13.7. The Morgan fingerprint density at radius 3 is 2.10 bits per heavy atom. The minimum absolute atomic E-state index is 0.109. The zero-order valence-electron chi connectivity index (χ0n) is 17.3. The Bertz CT molecular complexity index is 848. The fourth-order valence-electron chi connectivity index (χ4n) is 2.40. The Balaban J connectivity index is 1.79. The van der Waals surface area contributed by atoms with Crippen molar-refractivity contribution in [1.82, 2.24) is 0 Å². The van der Waals surface area contributed by atoms with E-state index in [1.807, 2.05) is 45.0 Å². The minimum atomic E-state index is -0.505. The lowest BCUT2D eigenvalue weighted by atomic mass is 9.95.